The molecule has 0 unspecified atom stereocenters. The zero-order valence-corrected chi connectivity index (χ0v) is 15.8. The minimum absolute atomic E-state index is 0. The molecule has 2 rings (SSSR count). The molecule has 1 aliphatic heterocycles. The number of benzene rings is 1. The summed E-state index contributed by atoms with van der Waals surface area (Å²) in [5.74, 6) is 0. The van der Waals surface area contributed by atoms with Crippen molar-refractivity contribution in [1.29, 1.82) is 0 Å². The molecule has 10 heteroatoms. The van der Waals surface area contributed by atoms with Crippen LogP contribution in [0.15, 0.2) is 34.1 Å². The van der Waals surface area contributed by atoms with Crippen LogP contribution < -0.4 is 10.5 Å². The monoisotopic (exact) mass is 397 g/mol. The fraction of sp³-hybridized carbons (Fsp3) is 0.571. The summed E-state index contributed by atoms with van der Waals surface area (Å²) in [7, 11) is -7.67. The first-order valence-corrected chi connectivity index (χ1v) is 10.6. The van der Waals surface area contributed by atoms with Crippen molar-refractivity contribution in [3.63, 3.8) is 0 Å². The molecule has 1 aromatic carbocycles. The number of hydrogen-bond donors (Lipinski definition) is 2. The second-order valence-corrected chi connectivity index (χ2v) is 9.09. The van der Waals surface area contributed by atoms with E-state index in [4.69, 9.17) is 5.73 Å². The number of nitrogens with one attached hydrogen (secondary N) is 1. The van der Waals surface area contributed by atoms with Gasteiger partial charge in [0.25, 0.3) is 0 Å². The molecule has 7 nitrogen and oxygen atoms in total. The van der Waals surface area contributed by atoms with Gasteiger partial charge in [-0.3, -0.25) is 0 Å². The number of nitrogens with zero attached hydrogens (tertiary/aromatic N) is 1. The Labute approximate surface area is 150 Å². The fourth-order valence-corrected chi connectivity index (χ4v) is 5.90. The van der Waals surface area contributed by atoms with E-state index in [2.05, 4.69) is 4.72 Å². The lowest BCUT2D eigenvalue weighted by Crippen LogP contribution is -2.31. The van der Waals surface area contributed by atoms with Gasteiger partial charge in [0.2, 0.25) is 20.0 Å². The Morgan fingerprint density at radius 3 is 2.17 bits per heavy atom. The van der Waals surface area contributed by atoms with Gasteiger partial charge in [-0.15, -0.1) is 12.4 Å². The van der Waals surface area contributed by atoms with Gasteiger partial charge in [0, 0.05) is 19.6 Å². The first kappa shape index (κ1) is 21.3. The minimum atomic E-state index is -3.88. The summed E-state index contributed by atoms with van der Waals surface area (Å²) in [4.78, 5) is -0.354. The first-order valence-electron chi connectivity index (χ1n) is 7.68. The Balaban J connectivity index is 0.00000288. The molecule has 0 spiro atoms. The molecule has 0 amide bonds. The van der Waals surface area contributed by atoms with Crippen molar-refractivity contribution in [3.8, 4) is 0 Å². The highest BCUT2D eigenvalue weighted by Crippen LogP contribution is 2.26. The van der Waals surface area contributed by atoms with Crippen molar-refractivity contribution in [2.75, 3.05) is 26.2 Å². The van der Waals surface area contributed by atoms with Crippen molar-refractivity contribution < 1.29 is 16.8 Å². The maximum atomic E-state index is 12.7. The Hall–Kier alpha value is -0.710. The molecule has 1 saturated heterocycles. The van der Waals surface area contributed by atoms with Crippen LogP contribution in [0.3, 0.4) is 0 Å². The van der Waals surface area contributed by atoms with Gasteiger partial charge in [-0.25, -0.2) is 21.6 Å². The summed E-state index contributed by atoms with van der Waals surface area (Å²) in [5.41, 5.74) is 5.38. The van der Waals surface area contributed by atoms with Crippen molar-refractivity contribution in [1.82, 2.24) is 9.03 Å². The molecule has 0 bridgehead atoms. The van der Waals surface area contributed by atoms with E-state index in [0.29, 0.717) is 32.5 Å². The zero-order chi connectivity index (χ0) is 16.9. The highest BCUT2D eigenvalue weighted by Gasteiger charge is 2.32. The van der Waals surface area contributed by atoms with E-state index in [1.54, 1.807) is 0 Å². The maximum absolute atomic E-state index is 12.7. The number of rotatable bonds is 8. The Kier molecular flexibility index (Phi) is 8.10. The van der Waals surface area contributed by atoms with E-state index in [9.17, 15) is 16.8 Å². The Morgan fingerprint density at radius 1 is 1.00 bits per heavy atom. The van der Waals surface area contributed by atoms with E-state index in [0.717, 1.165) is 12.8 Å². The summed E-state index contributed by atoms with van der Waals surface area (Å²) >= 11 is 0. The molecule has 24 heavy (non-hydrogen) atoms. The van der Waals surface area contributed by atoms with Crippen LogP contribution in [-0.2, 0) is 20.0 Å². The molecule has 138 valence electrons. The van der Waals surface area contributed by atoms with Crippen LogP contribution in [-0.4, -0.2) is 47.3 Å². The van der Waals surface area contributed by atoms with Gasteiger partial charge in [0.1, 0.15) is 9.79 Å². The smallest absolute Gasteiger partial charge is 0.244 e. The number of halogens is 1. The molecule has 1 aromatic rings. The van der Waals surface area contributed by atoms with Gasteiger partial charge in [-0.2, -0.15) is 4.31 Å². The number of hydrogen-bond acceptors (Lipinski definition) is 5. The molecule has 0 radical (unpaired) electrons. The van der Waals surface area contributed by atoms with Gasteiger partial charge >= 0.3 is 0 Å². The van der Waals surface area contributed by atoms with Crippen LogP contribution in [0.25, 0.3) is 0 Å². The van der Waals surface area contributed by atoms with Gasteiger partial charge in [-0.05, 0) is 44.4 Å². The molecular weight excluding hydrogens is 374 g/mol. The average molecular weight is 398 g/mol. The lowest BCUT2D eigenvalue weighted by Gasteiger charge is -2.18. The van der Waals surface area contributed by atoms with E-state index < -0.39 is 20.0 Å². The van der Waals surface area contributed by atoms with Crippen LogP contribution >= 0.6 is 12.4 Å². The topological polar surface area (TPSA) is 110 Å². The number of nitrogens with two attached hydrogens (primary N) is 1. The van der Waals surface area contributed by atoms with Gasteiger partial charge in [0.05, 0.1) is 0 Å². The third kappa shape index (κ3) is 4.90. The van der Waals surface area contributed by atoms with E-state index in [1.807, 2.05) is 0 Å². The predicted molar refractivity (Wildman–Crippen MR) is 95.2 cm³/mol. The van der Waals surface area contributed by atoms with Crippen molar-refractivity contribution in [2.24, 2.45) is 5.73 Å². The third-order valence-electron chi connectivity index (χ3n) is 3.74. The number of sulfonamides is 2. The second-order valence-electron chi connectivity index (χ2n) is 5.45. The fourth-order valence-electron chi connectivity index (χ4n) is 2.51. The molecule has 1 fully saturated rings. The zero-order valence-electron chi connectivity index (χ0n) is 13.3. The summed E-state index contributed by atoms with van der Waals surface area (Å²) in [6.45, 7) is 1.58. The van der Waals surface area contributed by atoms with Crippen molar-refractivity contribution in [3.05, 3.63) is 24.3 Å². The van der Waals surface area contributed by atoms with E-state index in [-0.39, 0.29) is 28.7 Å². The predicted octanol–water partition coefficient (Wildman–Crippen LogP) is 0.910. The van der Waals surface area contributed by atoms with Crippen LogP contribution in [0.5, 0.6) is 0 Å². The van der Waals surface area contributed by atoms with Gasteiger partial charge in [0.15, 0.2) is 0 Å². The average Bonchev–Trinajstić information content (AvgIpc) is 3.07. The van der Waals surface area contributed by atoms with Gasteiger partial charge in [-0.1, -0.05) is 12.1 Å². The summed E-state index contributed by atoms with van der Waals surface area (Å²) in [5, 5.41) is 0. The van der Waals surface area contributed by atoms with Crippen LogP contribution in [0.4, 0.5) is 0 Å². The van der Waals surface area contributed by atoms with Gasteiger partial charge < -0.3 is 5.73 Å². The lowest BCUT2D eigenvalue weighted by atomic mass is 10.3. The molecule has 0 aromatic heterocycles. The summed E-state index contributed by atoms with van der Waals surface area (Å²) in [6.07, 6.45) is 2.91. The molecule has 1 heterocycles. The van der Waals surface area contributed by atoms with Crippen LogP contribution in [0.1, 0.15) is 25.7 Å². The third-order valence-corrected chi connectivity index (χ3v) is 7.35. The molecule has 0 saturated carbocycles. The summed E-state index contributed by atoms with van der Waals surface area (Å²) in [6, 6.07) is 5.74. The van der Waals surface area contributed by atoms with Crippen LogP contribution in [0.2, 0.25) is 0 Å². The quantitative estimate of drug-likeness (QED) is 0.633. The van der Waals surface area contributed by atoms with E-state index >= 15 is 0 Å². The standard InChI is InChI=1S/C14H23N3O4S2.ClH/c15-9-3-4-10-16-22(18,19)13-7-1-2-8-14(13)23(20,21)17-11-5-6-12-17;/h1-2,7-8,16H,3-6,9-12,15H2;1H. The molecule has 1 aliphatic rings. The normalized spacial score (nSPS) is 16.0. The summed E-state index contributed by atoms with van der Waals surface area (Å²) < 4.78 is 54.1. The molecule has 0 atom stereocenters. The number of unbranched alkanes of at least 4 members (excludes halogenated alkanes) is 1. The van der Waals surface area contributed by atoms with Crippen molar-refractivity contribution in [2.45, 2.75) is 35.5 Å². The maximum Gasteiger partial charge on any atom is 0.244 e. The highest BCUT2D eigenvalue weighted by atomic mass is 35.5. The Bertz CT molecular complexity index is 732. The molecule has 3 N–H and O–H groups in total. The Morgan fingerprint density at radius 2 is 1.58 bits per heavy atom. The van der Waals surface area contributed by atoms with E-state index in [1.165, 1.54) is 28.6 Å². The van der Waals surface area contributed by atoms with Crippen LogP contribution in [0, 0.1) is 0 Å². The molecule has 0 aliphatic carbocycles. The minimum Gasteiger partial charge on any atom is -0.330 e. The molecular formula is C14H24ClN3O4S2. The highest BCUT2D eigenvalue weighted by molar-refractivity contribution is 7.92. The first-order chi connectivity index (χ1) is 10.9. The van der Waals surface area contributed by atoms with Crippen molar-refractivity contribution >= 4 is 32.5 Å². The largest absolute Gasteiger partial charge is 0.330 e. The lowest BCUT2D eigenvalue weighted by molar-refractivity contribution is 0.474. The second kappa shape index (κ2) is 9.12. The SMILES string of the molecule is Cl.NCCCCNS(=O)(=O)c1ccccc1S(=O)(=O)N1CCCC1.